The molecule has 1 heterocycles. The fourth-order valence-electron chi connectivity index (χ4n) is 1.38. The summed E-state index contributed by atoms with van der Waals surface area (Å²) >= 11 is 3.39. The number of halogens is 1. The van der Waals surface area contributed by atoms with E-state index in [4.69, 9.17) is 10.2 Å². The van der Waals surface area contributed by atoms with Gasteiger partial charge in [-0.25, -0.2) is 0 Å². The normalized spacial score (nSPS) is 11.8. The van der Waals surface area contributed by atoms with Gasteiger partial charge < -0.3 is 10.2 Å². The first-order valence-corrected chi connectivity index (χ1v) is 6.06. The zero-order valence-electron chi connectivity index (χ0n) is 9.99. The maximum absolute atomic E-state index is 5.77. The van der Waals surface area contributed by atoms with Crippen LogP contribution < -0.4 is 5.73 Å². The van der Waals surface area contributed by atoms with Crippen LogP contribution >= 0.6 is 15.9 Å². The van der Waals surface area contributed by atoms with E-state index in [0.717, 1.165) is 10.0 Å². The van der Waals surface area contributed by atoms with E-state index in [1.807, 2.05) is 39.0 Å². The first-order valence-electron chi connectivity index (χ1n) is 5.27. The monoisotopic (exact) mass is 295 g/mol. The summed E-state index contributed by atoms with van der Waals surface area (Å²) < 4.78 is 6.54. The lowest BCUT2D eigenvalue weighted by molar-refractivity contribution is 0.399. The van der Waals surface area contributed by atoms with Crippen LogP contribution in [0.2, 0.25) is 0 Å². The van der Waals surface area contributed by atoms with Gasteiger partial charge in [-0.2, -0.15) is 0 Å². The van der Waals surface area contributed by atoms with E-state index in [0.29, 0.717) is 17.5 Å². The van der Waals surface area contributed by atoms with Crippen LogP contribution in [-0.4, -0.2) is 10.2 Å². The lowest BCUT2D eigenvalue weighted by Crippen LogP contribution is -2.11. The zero-order chi connectivity index (χ0) is 12.6. The molecule has 0 amide bonds. The lowest BCUT2D eigenvalue weighted by atomic mass is 9.97. The van der Waals surface area contributed by atoms with Gasteiger partial charge in [0, 0.05) is 21.1 Å². The highest BCUT2D eigenvalue weighted by Gasteiger charge is 2.22. The van der Waals surface area contributed by atoms with Crippen molar-refractivity contribution in [3.05, 3.63) is 28.6 Å². The molecule has 1 aromatic heterocycles. The van der Waals surface area contributed by atoms with Gasteiger partial charge in [-0.05, 0) is 18.2 Å². The molecule has 0 aliphatic heterocycles. The molecule has 0 saturated carbocycles. The largest absolute Gasteiger partial charge is 0.420 e. The number of hydrogen-bond donors (Lipinski definition) is 1. The molecule has 0 radical (unpaired) electrons. The number of nitrogens with two attached hydrogens (primary N) is 1. The Kier molecular flexibility index (Phi) is 2.95. The zero-order valence-corrected chi connectivity index (χ0v) is 11.6. The summed E-state index contributed by atoms with van der Waals surface area (Å²) in [5, 5.41) is 8.09. The molecule has 0 bridgehead atoms. The predicted octanol–water partition coefficient (Wildman–Crippen LogP) is 3.38. The molecule has 0 spiro atoms. The highest BCUT2D eigenvalue weighted by atomic mass is 79.9. The summed E-state index contributed by atoms with van der Waals surface area (Å²) in [4.78, 5) is 0. The molecule has 0 saturated heterocycles. The minimum absolute atomic E-state index is 0.150. The van der Waals surface area contributed by atoms with Crippen LogP contribution in [0.1, 0.15) is 26.7 Å². The number of hydrogen-bond acceptors (Lipinski definition) is 4. The summed E-state index contributed by atoms with van der Waals surface area (Å²) in [6.07, 6.45) is 0. The summed E-state index contributed by atoms with van der Waals surface area (Å²) in [7, 11) is 0. The molecule has 2 aromatic rings. The molecule has 0 aliphatic rings. The van der Waals surface area contributed by atoms with E-state index < -0.39 is 0 Å². The molecule has 17 heavy (non-hydrogen) atoms. The van der Waals surface area contributed by atoms with Crippen LogP contribution in [0.5, 0.6) is 0 Å². The number of nitrogens with zero attached hydrogens (tertiary/aromatic N) is 2. The van der Waals surface area contributed by atoms with Gasteiger partial charge >= 0.3 is 0 Å². The highest BCUT2D eigenvalue weighted by molar-refractivity contribution is 9.10. The Morgan fingerprint density at radius 1 is 1.18 bits per heavy atom. The van der Waals surface area contributed by atoms with Crippen LogP contribution in [0.3, 0.4) is 0 Å². The Bertz CT molecular complexity index is 523. The van der Waals surface area contributed by atoms with E-state index in [-0.39, 0.29) is 5.41 Å². The summed E-state index contributed by atoms with van der Waals surface area (Å²) in [6.45, 7) is 6.08. The Labute approximate surface area is 108 Å². The maximum Gasteiger partial charge on any atom is 0.247 e. The number of anilines is 1. The maximum atomic E-state index is 5.77. The Morgan fingerprint density at radius 2 is 1.88 bits per heavy atom. The van der Waals surface area contributed by atoms with Crippen LogP contribution in [0.15, 0.2) is 27.1 Å². The lowest BCUT2D eigenvalue weighted by Gasteiger charge is -2.10. The third-order valence-electron chi connectivity index (χ3n) is 2.23. The second-order valence-corrected chi connectivity index (χ2v) is 5.85. The first kappa shape index (κ1) is 12.1. The Hall–Kier alpha value is -1.36. The average Bonchev–Trinajstić information content (AvgIpc) is 2.63. The number of benzene rings is 1. The molecule has 1 aromatic carbocycles. The minimum Gasteiger partial charge on any atom is -0.420 e. The van der Waals surface area contributed by atoms with E-state index in [9.17, 15) is 0 Å². The van der Waals surface area contributed by atoms with Crippen molar-refractivity contribution in [2.24, 2.45) is 0 Å². The van der Waals surface area contributed by atoms with Crippen LogP contribution in [0.4, 0.5) is 5.69 Å². The molecular formula is C12H14BrN3O. The van der Waals surface area contributed by atoms with Crippen molar-refractivity contribution in [3.8, 4) is 11.5 Å². The van der Waals surface area contributed by atoms with Crippen LogP contribution in [0.25, 0.3) is 11.5 Å². The Balaban J connectivity index is 2.44. The molecule has 2 rings (SSSR count). The molecular weight excluding hydrogens is 282 g/mol. The van der Waals surface area contributed by atoms with Crippen molar-refractivity contribution >= 4 is 21.6 Å². The minimum atomic E-state index is -0.150. The van der Waals surface area contributed by atoms with Gasteiger partial charge in [0.25, 0.3) is 0 Å². The van der Waals surface area contributed by atoms with Crippen molar-refractivity contribution in [1.82, 2.24) is 10.2 Å². The SMILES string of the molecule is CC(C)(C)c1nnc(-c2cc(N)cc(Br)c2)o1. The molecule has 0 aliphatic carbocycles. The fraction of sp³-hybridized carbons (Fsp3) is 0.333. The van der Waals surface area contributed by atoms with Crippen molar-refractivity contribution in [3.63, 3.8) is 0 Å². The third kappa shape index (κ3) is 2.66. The van der Waals surface area contributed by atoms with E-state index >= 15 is 0 Å². The topological polar surface area (TPSA) is 64.9 Å². The number of rotatable bonds is 1. The molecule has 4 nitrogen and oxygen atoms in total. The second-order valence-electron chi connectivity index (χ2n) is 4.94. The second kappa shape index (κ2) is 4.14. The quantitative estimate of drug-likeness (QED) is 0.819. The number of nitrogen functional groups attached to an aromatic ring is 1. The van der Waals surface area contributed by atoms with Gasteiger partial charge in [-0.15, -0.1) is 10.2 Å². The number of aromatic nitrogens is 2. The first-order chi connectivity index (χ1) is 7.86. The van der Waals surface area contributed by atoms with Gasteiger partial charge in [-0.3, -0.25) is 0 Å². The van der Waals surface area contributed by atoms with Crippen molar-refractivity contribution in [2.75, 3.05) is 5.73 Å². The highest BCUT2D eigenvalue weighted by Crippen LogP contribution is 2.28. The fourth-order valence-corrected chi connectivity index (χ4v) is 1.89. The van der Waals surface area contributed by atoms with Gasteiger partial charge in [0.2, 0.25) is 11.8 Å². The van der Waals surface area contributed by atoms with Crippen LogP contribution in [-0.2, 0) is 5.41 Å². The van der Waals surface area contributed by atoms with E-state index in [1.54, 1.807) is 0 Å². The Morgan fingerprint density at radius 3 is 2.41 bits per heavy atom. The van der Waals surface area contributed by atoms with E-state index in [1.165, 1.54) is 0 Å². The summed E-state index contributed by atoms with van der Waals surface area (Å²) in [5.41, 5.74) is 7.10. The summed E-state index contributed by atoms with van der Waals surface area (Å²) in [5.74, 6) is 1.11. The standard InChI is InChI=1S/C12H14BrN3O/c1-12(2,3)11-16-15-10(17-11)7-4-8(13)6-9(14)5-7/h4-6H,14H2,1-3H3. The smallest absolute Gasteiger partial charge is 0.247 e. The molecule has 2 N–H and O–H groups in total. The van der Waals surface area contributed by atoms with Gasteiger partial charge in [0.05, 0.1) is 0 Å². The van der Waals surface area contributed by atoms with Gasteiger partial charge in [0.1, 0.15) is 0 Å². The summed E-state index contributed by atoms with van der Waals surface area (Å²) in [6, 6.07) is 5.53. The van der Waals surface area contributed by atoms with E-state index in [2.05, 4.69) is 26.1 Å². The van der Waals surface area contributed by atoms with Gasteiger partial charge in [0.15, 0.2) is 0 Å². The van der Waals surface area contributed by atoms with Crippen molar-refractivity contribution in [2.45, 2.75) is 26.2 Å². The third-order valence-corrected chi connectivity index (χ3v) is 2.69. The molecule has 0 fully saturated rings. The molecule has 90 valence electrons. The van der Waals surface area contributed by atoms with Crippen molar-refractivity contribution in [1.29, 1.82) is 0 Å². The predicted molar refractivity (Wildman–Crippen MR) is 70.5 cm³/mol. The van der Waals surface area contributed by atoms with Gasteiger partial charge in [-0.1, -0.05) is 36.7 Å². The van der Waals surface area contributed by atoms with Crippen molar-refractivity contribution < 1.29 is 4.42 Å². The molecule has 0 unspecified atom stereocenters. The molecule has 5 heteroatoms. The average molecular weight is 296 g/mol. The van der Waals surface area contributed by atoms with Crippen LogP contribution in [0, 0.1) is 0 Å². The molecule has 0 atom stereocenters.